The lowest BCUT2D eigenvalue weighted by molar-refractivity contribution is 0.0817. The lowest BCUT2D eigenvalue weighted by atomic mass is 10.1. The van der Waals surface area contributed by atoms with Crippen LogP contribution >= 0.6 is 11.6 Å². The molecule has 1 unspecified atom stereocenters. The Hall–Kier alpha value is -1.29. The highest BCUT2D eigenvalue weighted by atomic mass is 35.5. The Morgan fingerprint density at radius 1 is 1.14 bits per heavy atom. The van der Waals surface area contributed by atoms with E-state index in [1.54, 1.807) is 7.11 Å². The Kier molecular flexibility index (Phi) is 6.30. The molecular weight excluding hydrogens is 286 g/mol. The van der Waals surface area contributed by atoms with Crippen molar-refractivity contribution in [2.75, 3.05) is 26.8 Å². The molecule has 0 amide bonds. The van der Waals surface area contributed by atoms with Crippen molar-refractivity contribution in [1.29, 1.82) is 0 Å². The molecule has 0 aliphatic heterocycles. The van der Waals surface area contributed by atoms with E-state index in [0.717, 1.165) is 41.1 Å². The van der Waals surface area contributed by atoms with Gasteiger partial charge in [-0.2, -0.15) is 0 Å². The lowest BCUT2D eigenvalue weighted by Crippen LogP contribution is -2.35. The van der Waals surface area contributed by atoms with Crippen molar-refractivity contribution in [3.8, 4) is 5.75 Å². The molecule has 0 aliphatic rings. The second kappa shape index (κ2) is 8.23. The summed E-state index contributed by atoms with van der Waals surface area (Å²) in [5, 5.41) is 6.15. The van der Waals surface area contributed by atoms with E-state index in [-0.39, 0.29) is 6.10 Å². The molecule has 21 heavy (non-hydrogen) atoms. The van der Waals surface area contributed by atoms with Crippen LogP contribution < -0.4 is 10.1 Å². The first-order chi connectivity index (χ1) is 10.3. The second-order valence-corrected chi connectivity index (χ2v) is 5.40. The number of methoxy groups -OCH3 is 1. The van der Waals surface area contributed by atoms with E-state index in [1.165, 1.54) is 0 Å². The highest BCUT2D eigenvalue weighted by molar-refractivity contribution is 6.35. The van der Waals surface area contributed by atoms with Crippen LogP contribution in [0.2, 0.25) is 5.02 Å². The van der Waals surface area contributed by atoms with Gasteiger partial charge in [-0.15, -0.1) is 0 Å². The highest BCUT2D eigenvalue weighted by Crippen LogP contribution is 2.31. The van der Waals surface area contributed by atoms with E-state index < -0.39 is 0 Å². The molecule has 1 atom stereocenters. The summed E-state index contributed by atoms with van der Waals surface area (Å²) in [5.74, 6) is 0.843. The predicted molar refractivity (Wildman–Crippen MR) is 88.4 cm³/mol. The van der Waals surface area contributed by atoms with Gasteiger partial charge < -0.3 is 14.8 Å². The zero-order chi connectivity index (χ0) is 15.1. The third kappa shape index (κ3) is 4.34. The molecule has 2 rings (SSSR count). The molecule has 0 fully saturated rings. The number of nitrogens with one attached hydrogen (secondary N) is 1. The summed E-state index contributed by atoms with van der Waals surface area (Å²) in [5.41, 5.74) is 0. The normalized spacial score (nSPS) is 12.5. The molecule has 0 heterocycles. The Morgan fingerprint density at radius 2 is 1.90 bits per heavy atom. The Bertz CT molecular complexity index is 574. The average Bonchev–Trinajstić information content (AvgIpc) is 2.51. The smallest absolute Gasteiger partial charge is 0.134 e. The van der Waals surface area contributed by atoms with Crippen molar-refractivity contribution in [2.45, 2.75) is 19.4 Å². The van der Waals surface area contributed by atoms with Crippen molar-refractivity contribution >= 4 is 22.4 Å². The Balaban J connectivity index is 2.18. The number of rotatable bonds is 8. The molecule has 0 saturated carbocycles. The maximum Gasteiger partial charge on any atom is 0.134 e. The molecule has 4 heteroatoms. The maximum atomic E-state index is 6.24. The van der Waals surface area contributed by atoms with Gasteiger partial charge in [-0.25, -0.2) is 0 Å². The summed E-state index contributed by atoms with van der Waals surface area (Å²) in [4.78, 5) is 0. The van der Waals surface area contributed by atoms with Crippen molar-refractivity contribution in [1.82, 2.24) is 5.32 Å². The van der Waals surface area contributed by atoms with Gasteiger partial charge in [0.2, 0.25) is 0 Å². The van der Waals surface area contributed by atoms with Crippen LogP contribution in [0.15, 0.2) is 36.4 Å². The molecule has 2 aromatic carbocycles. The summed E-state index contributed by atoms with van der Waals surface area (Å²) in [7, 11) is 1.69. The van der Waals surface area contributed by atoms with Gasteiger partial charge in [0.05, 0.1) is 6.61 Å². The van der Waals surface area contributed by atoms with Gasteiger partial charge in [-0.3, -0.25) is 0 Å². The lowest BCUT2D eigenvalue weighted by Gasteiger charge is -2.20. The van der Waals surface area contributed by atoms with E-state index in [9.17, 15) is 0 Å². The van der Waals surface area contributed by atoms with Gasteiger partial charge in [0.15, 0.2) is 0 Å². The van der Waals surface area contributed by atoms with Crippen LogP contribution in [0.1, 0.15) is 13.3 Å². The van der Waals surface area contributed by atoms with Crippen LogP contribution in [-0.2, 0) is 4.74 Å². The van der Waals surface area contributed by atoms with Crippen molar-refractivity contribution in [2.24, 2.45) is 0 Å². The van der Waals surface area contributed by atoms with Gasteiger partial charge in [-0.1, -0.05) is 42.8 Å². The third-order valence-corrected chi connectivity index (χ3v) is 3.61. The number of fused-ring (bicyclic) bond motifs is 1. The molecule has 0 spiro atoms. The molecule has 114 valence electrons. The Morgan fingerprint density at radius 3 is 2.62 bits per heavy atom. The van der Waals surface area contributed by atoms with E-state index >= 15 is 0 Å². The number of hydrogen-bond donors (Lipinski definition) is 1. The van der Waals surface area contributed by atoms with Crippen LogP contribution in [0.5, 0.6) is 5.75 Å². The summed E-state index contributed by atoms with van der Waals surface area (Å²) in [6.07, 6.45) is 1.08. The van der Waals surface area contributed by atoms with Gasteiger partial charge in [0.25, 0.3) is 0 Å². The zero-order valence-corrected chi connectivity index (χ0v) is 13.3. The number of hydrogen-bond acceptors (Lipinski definition) is 3. The Labute approximate surface area is 131 Å². The monoisotopic (exact) mass is 307 g/mol. The molecule has 0 radical (unpaired) electrons. The molecule has 0 bridgehead atoms. The molecule has 1 N–H and O–H groups in total. The summed E-state index contributed by atoms with van der Waals surface area (Å²) in [6, 6.07) is 11.8. The van der Waals surface area contributed by atoms with Gasteiger partial charge in [-0.05, 0) is 25.1 Å². The fraction of sp³-hybridized carbons (Fsp3) is 0.412. The predicted octanol–water partition coefficient (Wildman–Crippen LogP) is 3.89. The minimum absolute atomic E-state index is 0.0221. The standard InChI is InChI=1S/C17H22ClNO2/c1-3-10-19-11-13(12-20-2)21-17-9-8-16(18)14-6-4-5-7-15(14)17/h4-9,13,19H,3,10-12H2,1-2H3. The first kappa shape index (κ1) is 16.1. The largest absolute Gasteiger partial charge is 0.486 e. The average molecular weight is 308 g/mol. The van der Waals surface area contributed by atoms with Gasteiger partial charge in [0.1, 0.15) is 11.9 Å². The minimum atomic E-state index is -0.0221. The maximum absolute atomic E-state index is 6.24. The number of ether oxygens (including phenoxy) is 2. The van der Waals surface area contributed by atoms with Crippen LogP contribution in [0.3, 0.4) is 0 Å². The number of halogens is 1. The van der Waals surface area contributed by atoms with E-state index in [1.807, 2.05) is 36.4 Å². The van der Waals surface area contributed by atoms with E-state index in [0.29, 0.717) is 6.61 Å². The van der Waals surface area contributed by atoms with Gasteiger partial charge in [0, 0.05) is 29.4 Å². The fourth-order valence-electron chi connectivity index (χ4n) is 2.28. The number of benzene rings is 2. The van der Waals surface area contributed by atoms with Crippen LogP contribution in [0.4, 0.5) is 0 Å². The summed E-state index contributed by atoms with van der Waals surface area (Å²) in [6.45, 7) is 4.43. The quantitative estimate of drug-likeness (QED) is 0.751. The molecule has 2 aromatic rings. The SMILES string of the molecule is CCCNCC(COC)Oc1ccc(Cl)c2ccccc12. The van der Waals surface area contributed by atoms with E-state index in [4.69, 9.17) is 21.1 Å². The summed E-state index contributed by atoms with van der Waals surface area (Å²) >= 11 is 6.24. The highest BCUT2D eigenvalue weighted by Gasteiger charge is 2.13. The molecular formula is C17H22ClNO2. The minimum Gasteiger partial charge on any atom is -0.486 e. The topological polar surface area (TPSA) is 30.5 Å². The van der Waals surface area contributed by atoms with Crippen molar-refractivity contribution in [3.63, 3.8) is 0 Å². The molecule has 0 aliphatic carbocycles. The third-order valence-electron chi connectivity index (χ3n) is 3.28. The molecule has 0 saturated heterocycles. The van der Waals surface area contributed by atoms with Crippen LogP contribution in [0.25, 0.3) is 10.8 Å². The van der Waals surface area contributed by atoms with Crippen molar-refractivity contribution < 1.29 is 9.47 Å². The molecule has 0 aromatic heterocycles. The van der Waals surface area contributed by atoms with E-state index in [2.05, 4.69) is 12.2 Å². The van der Waals surface area contributed by atoms with Crippen LogP contribution in [0, 0.1) is 0 Å². The zero-order valence-electron chi connectivity index (χ0n) is 12.6. The van der Waals surface area contributed by atoms with Crippen LogP contribution in [-0.4, -0.2) is 32.9 Å². The first-order valence-electron chi connectivity index (χ1n) is 7.29. The van der Waals surface area contributed by atoms with Crippen molar-refractivity contribution in [3.05, 3.63) is 41.4 Å². The second-order valence-electron chi connectivity index (χ2n) is 4.99. The first-order valence-corrected chi connectivity index (χ1v) is 7.67. The molecule has 3 nitrogen and oxygen atoms in total. The fourth-order valence-corrected chi connectivity index (χ4v) is 2.51. The van der Waals surface area contributed by atoms with Gasteiger partial charge >= 0.3 is 0 Å². The summed E-state index contributed by atoms with van der Waals surface area (Å²) < 4.78 is 11.4.